The number of hydrogen-bond acceptors (Lipinski definition) is 2. The van der Waals surface area contributed by atoms with E-state index in [4.69, 9.17) is 16.3 Å². The zero-order valence-electron chi connectivity index (χ0n) is 11.2. The van der Waals surface area contributed by atoms with Gasteiger partial charge in [-0.2, -0.15) is 0 Å². The maximum atomic E-state index is 11.6. The zero-order valence-corrected chi connectivity index (χ0v) is 13.5. The van der Waals surface area contributed by atoms with Crippen LogP contribution >= 0.6 is 27.5 Å². The van der Waals surface area contributed by atoms with Crippen molar-refractivity contribution in [2.24, 2.45) is 0 Å². The highest BCUT2D eigenvalue weighted by Crippen LogP contribution is 2.15. The van der Waals surface area contributed by atoms with Gasteiger partial charge in [-0.05, 0) is 43.4 Å². The lowest BCUT2D eigenvalue weighted by atomic mass is 10.1. The molecule has 0 N–H and O–H groups in total. The fourth-order valence-corrected chi connectivity index (χ4v) is 2.24. The summed E-state index contributed by atoms with van der Waals surface area (Å²) in [5.41, 5.74) is 1.24. The number of unbranched alkanes of at least 4 members (excludes halogenated alkanes) is 1. The molecule has 19 heavy (non-hydrogen) atoms. The van der Waals surface area contributed by atoms with E-state index < -0.39 is 0 Å². The van der Waals surface area contributed by atoms with Crippen LogP contribution in [0.3, 0.4) is 0 Å². The van der Waals surface area contributed by atoms with Gasteiger partial charge >= 0.3 is 5.97 Å². The molecule has 0 aliphatic carbocycles. The van der Waals surface area contributed by atoms with Gasteiger partial charge in [0.1, 0.15) is 4.83 Å². The topological polar surface area (TPSA) is 26.3 Å². The number of esters is 1. The lowest BCUT2D eigenvalue weighted by Crippen LogP contribution is -2.18. The molecule has 0 aliphatic rings. The van der Waals surface area contributed by atoms with Crippen LogP contribution in [-0.4, -0.2) is 17.4 Å². The fraction of sp³-hybridized carbons (Fsp3) is 0.533. The van der Waals surface area contributed by atoms with Crippen LogP contribution in [0, 0.1) is 0 Å². The molecule has 1 unspecified atom stereocenters. The number of ether oxygens (including phenoxy) is 1. The van der Waals surface area contributed by atoms with Crippen LogP contribution in [0.25, 0.3) is 0 Å². The number of benzene rings is 1. The molecule has 1 atom stereocenters. The largest absolute Gasteiger partial charge is 0.465 e. The van der Waals surface area contributed by atoms with Gasteiger partial charge in [0, 0.05) is 5.02 Å². The Kier molecular flexibility index (Phi) is 8.15. The molecule has 106 valence electrons. The van der Waals surface area contributed by atoms with E-state index >= 15 is 0 Å². The summed E-state index contributed by atoms with van der Waals surface area (Å²) in [6.45, 7) is 2.60. The summed E-state index contributed by atoms with van der Waals surface area (Å²) < 4.78 is 5.16. The zero-order chi connectivity index (χ0) is 14.1. The van der Waals surface area contributed by atoms with Crippen molar-refractivity contribution in [1.29, 1.82) is 0 Å². The normalized spacial score (nSPS) is 12.2. The molecular weight excluding hydrogens is 328 g/mol. The van der Waals surface area contributed by atoms with E-state index in [1.165, 1.54) is 5.56 Å². The lowest BCUT2D eigenvalue weighted by Gasteiger charge is -2.09. The standard InChI is InChI=1S/C15H20BrClO2/c1-2-3-11-19-15(18)14(16)6-4-5-12-7-9-13(17)10-8-12/h7-10,14H,2-6,11H2,1H3. The van der Waals surface area contributed by atoms with Crippen molar-refractivity contribution in [1.82, 2.24) is 0 Å². The predicted molar refractivity (Wildman–Crippen MR) is 83.0 cm³/mol. The highest BCUT2D eigenvalue weighted by molar-refractivity contribution is 9.10. The highest BCUT2D eigenvalue weighted by atomic mass is 79.9. The molecule has 0 fully saturated rings. The molecule has 0 bridgehead atoms. The molecule has 1 aromatic rings. The summed E-state index contributed by atoms with van der Waals surface area (Å²) in [4.78, 5) is 11.4. The summed E-state index contributed by atoms with van der Waals surface area (Å²) in [5, 5.41) is 0.751. The number of carbonyl (C=O) groups is 1. The van der Waals surface area contributed by atoms with Crippen molar-refractivity contribution >= 4 is 33.5 Å². The first-order valence-corrected chi connectivity index (χ1v) is 7.98. The van der Waals surface area contributed by atoms with E-state index in [0.717, 1.165) is 37.1 Å². The lowest BCUT2D eigenvalue weighted by molar-refractivity contribution is -0.143. The van der Waals surface area contributed by atoms with Crippen LogP contribution in [-0.2, 0) is 16.0 Å². The Hall–Kier alpha value is -0.540. The first-order chi connectivity index (χ1) is 9.13. The van der Waals surface area contributed by atoms with E-state index in [-0.39, 0.29) is 10.8 Å². The molecular formula is C15H20BrClO2. The van der Waals surface area contributed by atoms with Crippen LogP contribution in [0.2, 0.25) is 5.02 Å². The molecule has 1 rings (SSSR count). The number of carbonyl (C=O) groups excluding carboxylic acids is 1. The second-order valence-corrected chi connectivity index (χ2v) is 6.05. The second kappa shape index (κ2) is 9.38. The van der Waals surface area contributed by atoms with Gasteiger partial charge in [0.25, 0.3) is 0 Å². The molecule has 0 aliphatic heterocycles. The average molecular weight is 348 g/mol. The van der Waals surface area contributed by atoms with Gasteiger partial charge in [-0.3, -0.25) is 4.79 Å². The molecule has 4 heteroatoms. The third-order valence-electron chi connectivity index (χ3n) is 2.83. The summed E-state index contributed by atoms with van der Waals surface area (Å²) >= 11 is 9.21. The van der Waals surface area contributed by atoms with Crippen molar-refractivity contribution in [2.45, 2.75) is 43.9 Å². The minimum absolute atomic E-state index is 0.149. The number of rotatable bonds is 8. The molecule has 2 nitrogen and oxygen atoms in total. The Balaban J connectivity index is 2.20. The van der Waals surface area contributed by atoms with Crippen LogP contribution in [0.5, 0.6) is 0 Å². The maximum Gasteiger partial charge on any atom is 0.319 e. The monoisotopic (exact) mass is 346 g/mol. The van der Waals surface area contributed by atoms with Crippen molar-refractivity contribution in [3.63, 3.8) is 0 Å². The van der Waals surface area contributed by atoms with E-state index in [1.807, 2.05) is 24.3 Å². The van der Waals surface area contributed by atoms with Crippen molar-refractivity contribution in [3.05, 3.63) is 34.9 Å². The molecule has 0 amide bonds. The maximum absolute atomic E-state index is 11.6. The molecule has 0 heterocycles. The fourth-order valence-electron chi connectivity index (χ4n) is 1.66. The van der Waals surface area contributed by atoms with Crippen molar-refractivity contribution in [3.8, 4) is 0 Å². The smallest absolute Gasteiger partial charge is 0.319 e. The quantitative estimate of drug-likeness (QED) is 0.385. The van der Waals surface area contributed by atoms with Gasteiger partial charge in [-0.25, -0.2) is 0 Å². The molecule has 0 spiro atoms. The number of halogens is 2. The van der Waals surface area contributed by atoms with Gasteiger partial charge in [-0.15, -0.1) is 0 Å². The first-order valence-electron chi connectivity index (χ1n) is 6.68. The van der Waals surface area contributed by atoms with Gasteiger partial charge in [0.2, 0.25) is 0 Å². The second-order valence-electron chi connectivity index (χ2n) is 4.51. The molecule has 0 saturated carbocycles. The Labute approximate surface area is 128 Å². The third kappa shape index (κ3) is 6.98. The Morgan fingerprint density at radius 2 is 2.00 bits per heavy atom. The Bertz CT molecular complexity index is 378. The van der Waals surface area contributed by atoms with Gasteiger partial charge in [0.05, 0.1) is 6.61 Å². The van der Waals surface area contributed by atoms with Crippen LogP contribution < -0.4 is 0 Å². The van der Waals surface area contributed by atoms with E-state index in [1.54, 1.807) is 0 Å². The van der Waals surface area contributed by atoms with Crippen molar-refractivity contribution in [2.75, 3.05) is 6.61 Å². The molecule has 1 aromatic carbocycles. The van der Waals surface area contributed by atoms with Gasteiger partial charge in [-0.1, -0.05) is 53.0 Å². The van der Waals surface area contributed by atoms with E-state index in [2.05, 4.69) is 22.9 Å². The minimum atomic E-state index is -0.198. The highest BCUT2D eigenvalue weighted by Gasteiger charge is 2.15. The summed E-state index contributed by atoms with van der Waals surface area (Å²) in [6.07, 6.45) is 4.64. The first kappa shape index (κ1) is 16.5. The van der Waals surface area contributed by atoms with E-state index in [0.29, 0.717) is 6.61 Å². The number of alkyl halides is 1. The van der Waals surface area contributed by atoms with Gasteiger partial charge in [0.15, 0.2) is 0 Å². The Morgan fingerprint density at radius 1 is 1.32 bits per heavy atom. The van der Waals surface area contributed by atoms with Crippen LogP contribution in [0.4, 0.5) is 0 Å². The Morgan fingerprint density at radius 3 is 2.63 bits per heavy atom. The van der Waals surface area contributed by atoms with Gasteiger partial charge < -0.3 is 4.74 Å². The van der Waals surface area contributed by atoms with Crippen molar-refractivity contribution < 1.29 is 9.53 Å². The minimum Gasteiger partial charge on any atom is -0.465 e. The third-order valence-corrected chi connectivity index (χ3v) is 3.92. The van der Waals surface area contributed by atoms with E-state index in [9.17, 15) is 4.79 Å². The SMILES string of the molecule is CCCCOC(=O)C(Br)CCCc1ccc(Cl)cc1. The average Bonchev–Trinajstić information content (AvgIpc) is 2.41. The van der Waals surface area contributed by atoms with Crippen LogP contribution in [0.15, 0.2) is 24.3 Å². The molecule has 0 radical (unpaired) electrons. The predicted octanol–water partition coefficient (Wildman–Crippen LogP) is 4.77. The molecule has 0 aromatic heterocycles. The van der Waals surface area contributed by atoms with Crippen LogP contribution in [0.1, 0.15) is 38.2 Å². The number of aryl methyl sites for hydroxylation is 1. The summed E-state index contributed by atoms with van der Waals surface area (Å²) in [7, 11) is 0. The number of hydrogen-bond donors (Lipinski definition) is 0. The summed E-state index contributed by atoms with van der Waals surface area (Å²) in [6, 6.07) is 7.82. The molecule has 0 saturated heterocycles. The summed E-state index contributed by atoms with van der Waals surface area (Å²) in [5.74, 6) is -0.149.